The van der Waals surface area contributed by atoms with Crippen molar-refractivity contribution in [3.05, 3.63) is 29.3 Å². The smallest absolute Gasteiger partial charge is 0.220 e. The van der Waals surface area contributed by atoms with Crippen molar-refractivity contribution >= 4 is 11.6 Å². The van der Waals surface area contributed by atoms with Crippen LogP contribution < -0.4 is 10.6 Å². The fourth-order valence-corrected chi connectivity index (χ4v) is 2.91. The number of benzene rings is 1. The van der Waals surface area contributed by atoms with Gasteiger partial charge in [0.05, 0.1) is 0 Å². The predicted molar refractivity (Wildman–Crippen MR) is 63.6 cm³/mol. The third-order valence-electron chi connectivity index (χ3n) is 3.79. The van der Waals surface area contributed by atoms with Gasteiger partial charge < -0.3 is 10.6 Å². The summed E-state index contributed by atoms with van der Waals surface area (Å²) in [5, 5.41) is 6.40. The fourth-order valence-electron chi connectivity index (χ4n) is 2.91. The van der Waals surface area contributed by atoms with Crippen molar-refractivity contribution in [3.8, 4) is 0 Å². The van der Waals surface area contributed by atoms with Crippen LogP contribution in [0.3, 0.4) is 0 Å². The topological polar surface area (TPSA) is 41.1 Å². The van der Waals surface area contributed by atoms with E-state index in [-0.39, 0.29) is 11.3 Å². The zero-order chi connectivity index (χ0) is 11.2. The number of rotatable bonds is 0. The van der Waals surface area contributed by atoms with Gasteiger partial charge >= 0.3 is 0 Å². The highest BCUT2D eigenvalue weighted by Crippen LogP contribution is 2.41. The monoisotopic (exact) mass is 216 g/mol. The molecule has 3 nitrogen and oxygen atoms in total. The summed E-state index contributed by atoms with van der Waals surface area (Å²) in [6.07, 6.45) is 1.69. The van der Waals surface area contributed by atoms with Crippen LogP contribution in [0, 0.1) is 6.92 Å². The maximum atomic E-state index is 11.5. The first-order chi connectivity index (χ1) is 7.70. The number of hydrogen-bond acceptors (Lipinski definition) is 2. The minimum Gasteiger partial charge on any atom is -0.385 e. The Morgan fingerprint density at radius 3 is 2.94 bits per heavy atom. The van der Waals surface area contributed by atoms with Crippen molar-refractivity contribution in [1.82, 2.24) is 5.32 Å². The van der Waals surface area contributed by atoms with Crippen LogP contribution in [0.25, 0.3) is 0 Å². The van der Waals surface area contributed by atoms with E-state index in [0.717, 1.165) is 19.5 Å². The summed E-state index contributed by atoms with van der Waals surface area (Å²) in [5.41, 5.74) is 3.83. The van der Waals surface area contributed by atoms with Crippen molar-refractivity contribution in [2.45, 2.75) is 25.2 Å². The molecule has 84 valence electrons. The molecular formula is C13H16N2O. The molecule has 0 saturated carbocycles. The lowest BCUT2D eigenvalue weighted by Gasteiger charge is -2.35. The molecule has 1 spiro atoms. The van der Waals surface area contributed by atoms with E-state index < -0.39 is 0 Å². The van der Waals surface area contributed by atoms with Crippen molar-refractivity contribution in [3.63, 3.8) is 0 Å². The van der Waals surface area contributed by atoms with E-state index in [1.807, 2.05) is 0 Å². The molecule has 1 saturated heterocycles. The number of aryl methyl sites for hydroxylation is 1. The highest BCUT2D eigenvalue weighted by Gasteiger charge is 2.42. The molecule has 3 rings (SSSR count). The summed E-state index contributed by atoms with van der Waals surface area (Å²) in [7, 11) is 0. The Kier molecular flexibility index (Phi) is 1.96. The molecule has 2 heterocycles. The van der Waals surface area contributed by atoms with Gasteiger partial charge in [0.2, 0.25) is 5.91 Å². The van der Waals surface area contributed by atoms with Crippen LogP contribution in [-0.2, 0) is 10.2 Å². The van der Waals surface area contributed by atoms with Crippen molar-refractivity contribution in [2.75, 3.05) is 18.4 Å². The molecule has 1 aromatic rings. The van der Waals surface area contributed by atoms with Crippen LogP contribution >= 0.6 is 0 Å². The molecule has 0 radical (unpaired) electrons. The second-order valence-electron chi connectivity index (χ2n) is 4.96. The Balaban J connectivity index is 2.09. The Hall–Kier alpha value is -1.51. The van der Waals surface area contributed by atoms with Crippen LogP contribution in [-0.4, -0.2) is 19.0 Å². The summed E-state index contributed by atoms with van der Waals surface area (Å²) in [4.78, 5) is 11.5. The van der Waals surface area contributed by atoms with Gasteiger partial charge in [-0.25, -0.2) is 0 Å². The first-order valence-electron chi connectivity index (χ1n) is 5.81. The highest BCUT2D eigenvalue weighted by atomic mass is 16.1. The predicted octanol–water partition coefficient (Wildman–Crippen LogP) is 1.57. The number of nitrogens with one attached hydrogen (secondary N) is 2. The fraction of sp³-hybridized carbons (Fsp3) is 0.462. The van der Waals surface area contributed by atoms with Crippen LogP contribution in [0.2, 0.25) is 0 Å². The third-order valence-corrected chi connectivity index (χ3v) is 3.79. The summed E-state index contributed by atoms with van der Waals surface area (Å²) in [5.74, 6) is 0.188. The molecule has 0 aromatic heterocycles. The summed E-state index contributed by atoms with van der Waals surface area (Å²) >= 11 is 0. The van der Waals surface area contributed by atoms with E-state index in [9.17, 15) is 4.79 Å². The molecule has 1 aromatic carbocycles. The molecule has 1 unspecified atom stereocenters. The molecule has 0 aliphatic carbocycles. The van der Waals surface area contributed by atoms with Gasteiger partial charge in [-0.05, 0) is 30.5 Å². The van der Waals surface area contributed by atoms with E-state index >= 15 is 0 Å². The number of anilines is 1. The Labute approximate surface area is 95.2 Å². The largest absolute Gasteiger partial charge is 0.385 e. The lowest BCUT2D eigenvalue weighted by Crippen LogP contribution is -2.36. The van der Waals surface area contributed by atoms with Gasteiger partial charge in [0.1, 0.15) is 0 Å². The zero-order valence-corrected chi connectivity index (χ0v) is 9.47. The molecule has 1 fully saturated rings. The third kappa shape index (κ3) is 1.31. The van der Waals surface area contributed by atoms with Gasteiger partial charge in [-0.15, -0.1) is 0 Å². The molecule has 1 atom stereocenters. The lowest BCUT2D eigenvalue weighted by atomic mass is 9.74. The standard InChI is InChI=1S/C13H16N2O/c1-9-2-3-10-11(6-9)14-5-4-13(10)7-12(16)15-8-13/h2-3,6,14H,4-5,7-8H2,1H3,(H,15,16). The van der Waals surface area contributed by atoms with Crippen molar-refractivity contribution in [2.24, 2.45) is 0 Å². The van der Waals surface area contributed by atoms with Gasteiger partial charge in [0.15, 0.2) is 0 Å². The van der Waals surface area contributed by atoms with Crippen LogP contribution in [0.1, 0.15) is 24.0 Å². The number of fused-ring (bicyclic) bond motifs is 2. The molecule has 2 aliphatic heterocycles. The Morgan fingerprint density at radius 2 is 2.19 bits per heavy atom. The zero-order valence-electron chi connectivity index (χ0n) is 9.47. The van der Waals surface area contributed by atoms with Crippen molar-refractivity contribution in [1.29, 1.82) is 0 Å². The molecule has 16 heavy (non-hydrogen) atoms. The molecule has 2 N–H and O–H groups in total. The quantitative estimate of drug-likeness (QED) is 0.691. The van der Waals surface area contributed by atoms with Gasteiger partial charge in [0.25, 0.3) is 0 Å². The first kappa shape index (κ1) is 9.70. The van der Waals surface area contributed by atoms with E-state index in [4.69, 9.17) is 0 Å². The summed E-state index contributed by atoms with van der Waals surface area (Å²) < 4.78 is 0. The SMILES string of the molecule is Cc1ccc2c(c1)NCCC21CNC(=O)C1. The van der Waals surface area contributed by atoms with E-state index in [1.165, 1.54) is 16.8 Å². The minimum atomic E-state index is 0.0470. The molecular weight excluding hydrogens is 200 g/mol. The summed E-state index contributed by atoms with van der Waals surface area (Å²) in [6.45, 7) is 3.86. The second kappa shape index (κ2) is 3.24. The number of hydrogen-bond donors (Lipinski definition) is 2. The van der Waals surface area contributed by atoms with E-state index in [2.05, 4.69) is 35.8 Å². The maximum Gasteiger partial charge on any atom is 0.220 e. The van der Waals surface area contributed by atoms with Crippen LogP contribution in [0.15, 0.2) is 18.2 Å². The van der Waals surface area contributed by atoms with Gasteiger partial charge in [-0.3, -0.25) is 4.79 Å². The number of carbonyl (C=O) groups is 1. The normalized spacial score (nSPS) is 27.4. The van der Waals surface area contributed by atoms with Gasteiger partial charge in [0, 0.05) is 30.6 Å². The van der Waals surface area contributed by atoms with E-state index in [1.54, 1.807) is 0 Å². The van der Waals surface area contributed by atoms with Crippen LogP contribution in [0.4, 0.5) is 5.69 Å². The molecule has 1 amide bonds. The Bertz CT molecular complexity index is 455. The molecule has 0 bridgehead atoms. The second-order valence-corrected chi connectivity index (χ2v) is 4.96. The van der Waals surface area contributed by atoms with E-state index in [0.29, 0.717) is 6.42 Å². The number of carbonyl (C=O) groups excluding carboxylic acids is 1. The average Bonchev–Trinajstić information content (AvgIpc) is 2.61. The Morgan fingerprint density at radius 1 is 1.31 bits per heavy atom. The van der Waals surface area contributed by atoms with Gasteiger partial charge in [-0.1, -0.05) is 12.1 Å². The number of amides is 1. The average molecular weight is 216 g/mol. The first-order valence-corrected chi connectivity index (χ1v) is 5.81. The highest BCUT2D eigenvalue weighted by molar-refractivity contribution is 5.82. The summed E-state index contributed by atoms with van der Waals surface area (Å²) in [6, 6.07) is 6.49. The molecule has 2 aliphatic rings. The lowest BCUT2D eigenvalue weighted by molar-refractivity contribution is -0.119. The maximum absolute atomic E-state index is 11.5. The van der Waals surface area contributed by atoms with Crippen LogP contribution in [0.5, 0.6) is 0 Å². The van der Waals surface area contributed by atoms with Crippen molar-refractivity contribution < 1.29 is 4.79 Å². The minimum absolute atomic E-state index is 0.0470. The molecule has 3 heteroatoms. The van der Waals surface area contributed by atoms with Gasteiger partial charge in [-0.2, -0.15) is 0 Å².